The second-order valence-electron chi connectivity index (χ2n) is 3.65. The molecule has 4 nitrogen and oxygen atoms in total. The first-order valence-electron chi connectivity index (χ1n) is 5.27. The lowest BCUT2D eigenvalue weighted by molar-refractivity contribution is 0.647. The Balaban J connectivity index is 2.05. The predicted octanol–water partition coefficient (Wildman–Crippen LogP) is 2.33. The summed E-state index contributed by atoms with van der Waals surface area (Å²) in [6.07, 6.45) is 5.78. The Hall–Kier alpha value is -1.42. The lowest BCUT2D eigenvalue weighted by atomic mass is 10.3. The molecular formula is C11H13ClN4. The summed E-state index contributed by atoms with van der Waals surface area (Å²) in [6.45, 7) is 2.81. The van der Waals surface area contributed by atoms with E-state index < -0.39 is 0 Å². The van der Waals surface area contributed by atoms with E-state index in [9.17, 15) is 0 Å². The van der Waals surface area contributed by atoms with Crippen molar-refractivity contribution in [3.63, 3.8) is 0 Å². The second kappa shape index (κ2) is 5.07. The highest BCUT2D eigenvalue weighted by molar-refractivity contribution is 6.29. The molecule has 0 aliphatic rings. The van der Waals surface area contributed by atoms with Crippen LogP contribution in [0.25, 0.3) is 0 Å². The van der Waals surface area contributed by atoms with Crippen molar-refractivity contribution in [1.29, 1.82) is 0 Å². The molecule has 16 heavy (non-hydrogen) atoms. The van der Waals surface area contributed by atoms with Crippen LogP contribution >= 0.6 is 11.6 Å². The molecule has 0 saturated carbocycles. The summed E-state index contributed by atoms with van der Waals surface area (Å²) in [4.78, 5) is 4.02. The zero-order valence-corrected chi connectivity index (χ0v) is 9.85. The summed E-state index contributed by atoms with van der Waals surface area (Å²) in [7, 11) is 0. The minimum atomic E-state index is 0.508. The number of hydrogen-bond acceptors (Lipinski definition) is 3. The van der Waals surface area contributed by atoms with Gasteiger partial charge in [0, 0.05) is 12.4 Å². The van der Waals surface area contributed by atoms with Gasteiger partial charge in [-0.25, -0.2) is 9.67 Å². The number of halogens is 1. The van der Waals surface area contributed by atoms with Gasteiger partial charge in [0.25, 0.3) is 0 Å². The number of rotatable bonds is 4. The molecule has 0 amide bonds. The number of aryl methyl sites for hydroxylation is 1. The Kier molecular flexibility index (Phi) is 3.51. The molecule has 0 N–H and O–H groups in total. The van der Waals surface area contributed by atoms with Crippen molar-refractivity contribution < 1.29 is 0 Å². The maximum Gasteiger partial charge on any atom is 0.129 e. The van der Waals surface area contributed by atoms with Crippen molar-refractivity contribution in [2.75, 3.05) is 0 Å². The van der Waals surface area contributed by atoms with Crippen LogP contribution < -0.4 is 0 Å². The van der Waals surface area contributed by atoms with E-state index in [1.165, 1.54) is 0 Å². The highest BCUT2D eigenvalue weighted by Crippen LogP contribution is 2.07. The highest BCUT2D eigenvalue weighted by Gasteiger charge is 2.01. The molecule has 0 radical (unpaired) electrons. The summed E-state index contributed by atoms with van der Waals surface area (Å²) < 4.78 is 1.82. The fourth-order valence-electron chi connectivity index (χ4n) is 1.47. The Bertz CT molecular complexity index is 449. The van der Waals surface area contributed by atoms with E-state index in [1.807, 2.05) is 16.9 Å². The number of aromatic nitrogens is 4. The first kappa shape index (κ1) is 11.1. The van der Waals surface area contributed by atoms with Crippen molar-refractivity contribution in [3.05, 3.63) is 40.9 Å². The van der Waals surface area contributed by atoms with Crippen LogP contribution in [0.1, 0.15) is 24.6 Å². The van der Waals surface area contributed by atoms with Crippen molar-refractivity contribution in [2.24, 2.45) is 0 Å². The molecule has 2 rings (SSSR count). The SMILES string of the molecule is CCCc1cn(Cc2ccc(Cl)nc2)nn1. The van der Waals surface area contributed by atoms with Gasteiger partial charge in [0.05, 0.1) is 12.2 Å². The summed E-state index contributed by atoms with van der Waals surface area (Å²) in [5.41, 5.74) is 2.10. The van der Waals surface area contributed by atoms with E-state index in [0.717, 1.165) is 24.1 Å². The molecule has 0 aliphatic heterocycles. The molecule has 0 bridgehead atoms. The van der Waals surface area contributed by atoms with Crippen LogP contribution in [-0.2, 0) is 13.0 Å². The molecular weight excluding hydrogens is 224 g/mol. The van der Waals surface area contributed by atoms with E-state index in [2.05, 4.69) is 22.2 Å². The zero-order valence-electron chi connectivity index (χ0n) is 9.10. The van der Waals surface area contributed by atoms with E-state index in [-0.39, 0.29) is 0 Å². The molecule has 84 valence electrons. The minimum absolute atomic E-state index is 0.508. The van der Waals surface area contributed by atoms with E-state index in [0.29, 0.717) is 11.7 Å². The molecule has 0 unspecified atom stereocenters. The van der Waals surface area contributed by atoms with Crippen LogP contribution in [0, 0.1) is 0 Å². The molecule has 0 spiro atoms. The first-order valence-corrected chi connectivity index (χ1v) is 5.65. The third-order valence-corrected chi connectivity index (χ3v) is 2.45. The lowest BCUT2D eigenvalue weighted by Gasteiger charge is -1.99. The van der Waals surface area contributed by atoms with E-state index in [4.69, 9.17) is 11.6 Å². The quantitative estimate of drug-likeness (QED) is 0.766. The third-order valence-electron chi connectivity index (χ3n) is 2.23. The van der Waals surface area contributed by atoms with Crippen LogP contribution in [0.15, 0.2) is 24.5 Å². The van der Waals surface area contributed by atoms with Crippen LogP contribution in [0.3, 0.4) is 0 Å². The Morgan fingerprint density at radius 3 is 2.94 bits per heavy atom. The fraction of sp³-hybridized carbons (Fsp3) is 0.364. The Morgan fingerprint density at radius 2 is 2.25 bits per heavy atom. The smallest absolute Gasteiger partial charge is 0.129 e. The van der Waals surface area contributed by atoms with Crippen molar-refractivity contribution in [1.82, 2.24) is 20.0 Å². The largest absolute Gasteiger partial charge is 0.248 e. The van der Waals surface area contributed by atoms with Gasteiger partial charge in [-0.1, -0.05) is 36.2 Å². The maximum absolute atomic E-state index is 5.71. The number of nitrogens with zero attached hydrogens (tertiary/aromatic N) is 4. The molecule has 0 atom stereocenters. The summed E-state index contributed by atoms with van der Waals surface area (Å²) in [5.74, 6) is 0. The molecule has 0 aromatic carbocycles. The lowest BCUT2D eigenvalue weighted by Crippen LogP contribution is -2.00. The predicted molar refractivity (Wildman–Crippen MR) is 62.4 cm³/mol. The van der Waals surface area contributed by atoms with Crippen LogP contribution in [0.4, 0.5) is 0 Å². The fourth-order valence-corrected chi connectivity index (χ4v) is 1.59. The maximum atomic E-state index is 5.71. The topological polar surface area (TPSA) is 43.6 Å². The van der Waals surface area contributed by atoms with Gasteiger partial charge in [-0.2, -0.15) is 0 Å². The normalized spacial score (nSPS) is 10.6. The Labute approximate surface area is 99.3 Å². The van der Waals surface area contributed by atoms with Crippen LogP contribution in [0.2, 0.25) is 5.15 Å². The van der Waals surface area contributed by atoms with Gasteiger partial charge in [-0.3, -0.25) is 0 Å². The van der Waals surface area contributed by atoms with E-state index in [1.54, 1.807) is 12.3 Å². The molecule has 5 heteroatoms. The zero-order chi connectivity index (χ0) is 11.4. The summed E-state index contributed by atoms with van der Waals surface area (Å²) >= 11 is 5.71. The number of hydrogen-bond donors (Lipinski definition) is 0. The number of pyridine rings is 1. The third kappa shape index (κ3) is 2.79. The van der Waals surface area contributed by atoms with Gasteiger partial charge in [-0.05, 0) is 18.1 Å². The monoisotopic (exact) mass is 236 g/mol. The van der Waals surface area contributed by atoms with Crippen molar-refractivity contribution >= 4 is 11.6 Å². The molecule has 0 saturated heterocycles. The van der Waals surface area contributed by atoms with Crippen molar-refractivity contribution in [3.8, 4) is 0 Å². The highest BCUT2D eigenvalue weighted by atomic mass is 35.5. The van der Waals surface area contributed by atoms with Gasteiger partial charge >= 0.3 is 0 Å². The molecule has 2 aromatic heterocycles. The van der Waals surface area contributed by atoms with Gasteiger partial charge in [0.15, 0.2) is 0 Å². The summed E-state index contributed by atoms with van der Waals surface area (Å²) in [5, 5.41) is 8.65. The minimum Gasteiger partial charge on any atom is -0.248 e. The average molecular weight is 237 g/mol. The second-order valence-corrected chi connectivity index (χ2v) is 4.03. The van der Waals surface area contributed by atoms with Crippen LogP contribution in [-0.4, -0.2) is 20.0 Å². The van der Waals surface area contributed by atoms with Gasteiger partial charge < -0.3 is 0 Å². The van der Waals surface area contributed by atoms with Gasteiger partial charge in [0.1, 0.15) is 5.15 Å². The van der Waals surface area contributed by atoms with Crippen LogP contribution in [0.5, 0.6) is 0 Å². The molecule has 2 aromatic rings. The van der Waals surface area contributed by atoms with E-state index >= 15 is 0 Å². The molecule has 0 fully saturated rings. The molecule has 2 heterocycles. The van der Waals surface area contributed by atoms with Gasteiger partial charge in [0.2, 0.25) is 0 Å². The van der Waals surface area contributed by atoms with Gasteiger partial charge in [-0.15, -0.1) is 5.10 Å². The molecule has 0 aliphatic carbocycles. The first-order chi connectivity index (χ1) is 7.78. The summed E-state index contributed by atoms with van der Waals surface area (Å²) in [6, 6.07) is 3.72. The standard InChI is InChI=1S/C11H13ClN4/c1-2-3-10-8-16(15-14-10)7-9-4-5-11(12)13-6-9/h4-6,8H,2-3,7H2,1H3. The van der Waals surface area contributed by atoms with Crippen molar-refractivity contribution in [2.45, 2.75) is 26.3 Å². The Morgan fingerprint density at radius 1 is 1.38 bits per heavy atom. The average Bonchev–Trinajstić information content (AvgIpc) is 2.70.